The number of carbonyl (C=O) groups is 2. The van der Waals surface area contributed by atoms with Crippen molar-refractivity contribution in [3.05, 3.63) is 85.6 Å². The number of thiocarbonyl (C=S) groups is 1. The lowest BCUT2D eigenvalue weighted by Gasteiger charge is -2.16. The van der Waals surface area contributed by atoms with Crippen molar-refractivity contribution >= 4 is 68.8 Å². The Balaban J connectivity index is 1.61. The normalized spacial score (nSPS) is 15.3. The lowest BCUT2D eigenvalue weighted by molar-refractivity contribution is -0.123. The van der Waals surface area contributed by atoms with Crippen molar-refractivity contribution in [1.82, 2.24) is 10.4 Å². The highest BCUT2D eigenvalue weighted by molar-refractivity contribution is 8.26. The number of nitrogens with zero attached hydrogens (tertiary/aromatic N) is 1. The van der Waals surface area contributed by atoms with Crippen molar-refractivity contribution < 1.29 is 14.0 Å². The van der Waals surface area contributed by atoms with E-state index in [-0.39, 0.29) is 30.8 Å². The number of amides is 2. The molecule has 1 fully saturated rings. The summed E-state index contributed by atoms with van der Waals surface area (Å²) in [5.41, 5.74) is 3.99. The zero-order chi connectivity index (χ0) is 21.4. The molecule has 1 aliphatic heterocycles. The Labute approximate surface area is 185 Å². The summed E-state index contributed by atoms with van der Waals surface area (Å²) >= 11 is 12.3. The first-order valence-corrected chi connectivity index (χ1v) is 10.3. The monoisotopic (exact) mass is 456 g/mol. The molecule has 2 amide bonds. The van der Waals surface area contributed by atoms with Gasteiger partial charge in [-0.15, -0.1) is 0 Å². The molecule has 1 saturated heterocycles. The highest BCUT2D eigenvalue weighted by Crippen LogP contribution is 2.31. The van der Waals surface area contributed by atoms with Crippen molar-refractivity contribution in [1.29, 1.82) is 0 Å². The second kappa shape index (κ2) is 8.06. The lowest BCUT2D eigenvalue weighted by Crippen LogP contribution is -2.44. The van der Waals surface area contributed by atoms with Gasteiger partial charge in [-0.3, -0.25) is 19.8 Å². The van der Waals surface area contributed by atoms with Crippen LogP contribution in [0.4, 0.5) is 0 Å². The molecule has 0 unspecified atom stereocenters. The predicted octanol–water partition coefficient (Wildman–Crippen LogP) is 4.30. The quantitative estimate of drug-likeness (QED) is 0.467. The number of aryl methyl sites for hydroxylation is 1. The molecule has 9 heteroatoms. The van der Waals surface area contributed by atoms with Gasteiger partial charge >= 0.3 is 0 Å². The van der Waals surface area contributed by atoms with Crippen molar-refractivity contribution in [2.45, 2.75) is 6.92 Å². The van der Waals surface area contributed by atoms with E-state index in [2.05, 4.69) is 5.43 Å². The molecule has 0 radical (unpaired) electrons. The number of thioether (sulfide) groups is 1. The minimum absolute atomic E-state index is 0.132. The summed E-state index contributed by atoms with van der Waals surface area (Å²) in [5, 5.41) is 1.64. The van der Waals surface area contributed by atoms with Crippen molar-refractivity contribution in [3.8, 4) is 0 Å². The van der Waals surface area contributed by atoms with Crippen LogP contribution in [0.15, 0.2) is 62.8 Å². The maximum atomic E-state index is 12.8. The second-order valence-electron chi connectivity index (χ2n) is 6.46. The van der Waals surface area contributed by atoms with E-state index in [1.807, 2.05) is 6.92 Å². The van der Waals surface area contributed by atoms with Crippen molar-refractivity contribution in [2.24, 2.45) is 0 Å². The Morgan fingerprint density at radius 3 is 2.77 bits per heavy atom. The smallest absolute Gasteiger partial charge is 0.285 e. The highest BCUT2D eigenvalue weighted by atomic mass is 35.5. The Hall–Kier alpha value is -2.94. The van der Waals surface area contributed by atoms with Gasteiger partial charge in [0.05, 0.1) is 26.4 Å². The summed E-state index contributed by atoms with van der Waals surface area (Å²) in [7, 11) is 0. The number of para-hydroxylation sites is 1. The van der Waals surface area contributed by atoms with E-state index in [1.165, 1.54) is 12.3 Å². The van der Waals surface area contributed by atoms with Gasteiger partial charge in [-0.05, 0) is 55.0 Å². The fourth-order valence-electron chi connectivity index (χ4n) is 2.86. The van der Waals surface area contributed by atoms with Crippen LogP contribution in [0.5, 0.6) is 0 Å². The maximum absolute atomic E-state index is 12.8. The minimum Gasteiger partial charge on any atom is -0.463 e. The summed E-state index contributed by atoms with van der Waals surface area (Å²) < 4.78 is 5.60. The molecule has 0 atom stereocenters. The van der Waals surface area contributed by atoms with Crippen LogP contribution >= 0.6 is 35.6 Å². The van der Waals surface area contributed by atoms with Crippen molar-refractivity contribution in [3.63, 3.8) is 0 Å². The van der Waals surface area contributed by atoms with E-state index in [4.69, 9.17) is 28.2 Å². The molecule has 4 rings (SSSR count). The number of carbonyl (C=O) groups excluding carboxylic acids is 2. The van der Waals surface area contributed by atoms with Crippen LogP contribution in [-0.4, -0.2) is 21.1 Å². The predicted molar refractivity (Wildman–Crippen MR) is 121 cm³/mol. The molecular formula is C21H13ClN2O4S2. The number of rotatable bonds is 3. The van der Waals surface area contributed by atoms with Crippen LogP contribution in [0.3, 0.4) is 0 Å². The summed E-state index contributed by atoms with van der Waals surface area (Å²) in [4.78, 5) is 38.2. The first-order chi connectivity index (χ1) is 14.3. The van der Waals surface area contributed by atoms with E-state index >= 15 is 0 Å². The molecule has 6 nitrogen and oxygen atoms in total. The molecule has 0 aliphatic carbocycles. The highest BCUT2D eigenvalue weighted by Gasteiger charge is 2.34. The molecule has 1 N–H and O–H groups in total. The van der Waals surface area contributed by atoms with Gasteiger partial charge in [0.25, 0.3) is 11.8 Å². The number of hydrogen-bond acceptors (Lipinski definition) is 6. The first-order valence-electron chi connectivity index (χ1n) is 8.71. The van der Waals surface area contributed by atoms with Crippen LogP contribution in [0, 0.1) is 6.92 Å². The van der Waals surface area contributed by atoms with Gasteiger partial charge in [-0.25, -0.2) is 0 Å². The van der Waals surface area contributed by atoms with E-state index in [9.17, 15) is 14.4 Å². The summed E-state index contributed by atoms with van der Waals surface area (Å²) in [5.74, 6) is -1.11. The van der Waals surface area contributed by atoms with Gasteiger partial charge in [0.1, 0.15) is 11.8 Å². The van der Waals surface area contributed by atoms with Gasteiger partial charge < -0.3 is 4.42 Å². The fraction of sp³-hybridized carbons (Fsp3) is 0.0476. The van der Waals surface area contributed by atoms with Crippen LogP contribution < -0.4 is 10.9 Å². The molecular weight excluding hydrogens is 444 g/mol. The number of halogens is 1. The Morgan fingerprint density at radius 2 is 2.00 bits per heavy atom. The third kappa shape index (κ3) is 3.77. The average molecular weight is 457 g/mol. The molecule has 0 spiro atoms. The first kappa shape index (κ1) is 20.3. The van der Waals surface area contributed by atoms with Gasteiger partial charge in [0, 0.05) is 0 Å². The van der Waals surface area contributed by atoms with E-state index in [0.717, 1.165) is 22.3 Å². The van der Waals surface area contributed by atoms with Crippen LogP contribution in [0.2, 0.25) is 5.02 Å². The third-order valence-corrected chi connectivity index (χ3v) is 5.98. The van der Waals surface area contributed by atoms with Crippen LogP contribution in [-0.2, 0) is 4.79 Å². The van der Waals surface area contributed by atoms with Gasteiger partial charge in [0.15, 0.2) is 9.75 Å². The zero-order valence-electron chi connectivity index (χ0n) is 15.5. The minimum atomic E-state index is -0.567. The van der Waals surface area contributed by atoms with Gasteiger partial charge in [-0.1, -0.05) is 41.6 Å². The summed E-state index contributed by atoms with van der Waals surface area (Å²) in [6, 6.07) is 11.8. The number of fused-ring (bicyclic) bond motifs is 1. The topological polar surface area (TPSA) is 79.6 Å². The standard InChI is InChI=1S/C21H13ClN2O4S2/c1-11-6-7-13(15(22)8-11)19(26)23-24-20(27)17(30-21(24)29)9-12-10-28-16-5-3-2-4-14(16)18(12)25/h2-10H,1H3,(H,23,26)/b17-9-. The number of hydrazine groups is 1. The molecule has 0 bridgehead atoms. The average Bonchev–Trinajstić information content (AvgIpc) is 2.97. The van der Waals surface area contributed by atoms with E-state index in [0.29, 0.717) is 11.0 Å². The molecule has 2 aromatic carbocycles. The molecule has 2 heterocycles. The van der Waals surface area contributed by atoms with Crippen LogP contribution in [0.1, 0.15) is 21.5 Å². The van der Waals surface area contributed by atoms with Crippen LogP contribution in [0.25, 0.3) is 17.0 Å². The SMILES string of the molecule is Cc1ccc(C(=O)NN2C(=O)/C(=C/c3coc4ccccc4c3=O)SC2=S)c(Cl)c1. The zero-order valence-corrected chi connectivity index (χ0v) is 17.9. The maximum Gasteiger partial charge on any atom is 0.285 e. The lowest BCUT2D eigenvalue weighted by atomic mass is 10.1. The van der Waals surface area contributed by atoms with E-state index < -0.39 is 11.8 Å². The summed E-state index contributed by atoms with van der Waals surface area (Å²) in [6.45, 7) is 1.85. The number of benzene rings is 2. The fourth-order valence-corrected chi connectivity index (χ4v) is 4.36. The number of hydrogen-bond donors (Lipinski definition) is 1. The van der Waals surface area contributed by atoms with Gasteiger partial charge in [-0.2, -0.15) is 5.01 Å². The largest absolute Gasteiger partial charge is 0.463 e. The summed E-state index contributed by atoms with van der Waals surface area (Å²) in [6.07, 6.45) is 2.70. The Kier molecular flexibility index (Phi) is 5.46. The molecule has 1 aliphatic rings. The molecule has 30 heavy (non-hydrogen) atoms. The van der Waals surface area contributed by atoms with E-state index in [1.54, 1.807) is 42.5 Å². The molecule has 150 valence electrons. The molecule has 0 saturated carbocycles. The molecule has 3 aromatic rings. The van der Waals surface area contributed by atoms with Crippen molar-refractivity contribution in [2.75, 3.05) is 0 Å². The Bertz CT molecular complexity index is 1320. The second-order valence-corrected chi connectivity index (χ2v) is 8.54. The van der Waals surface area contributed by atoms with Gasteiger partial charge in [0.2, 0.25) is 0 Å². The number of nitrogens with one attached hydrogen (secondary N) is 1. The molecule has 1 aromatic heterocycles. The third-order valence-electron chi connectivity index (χ3n) is 4.37. The Morgan fingerprint density at radius 1 is 1.23 bits per heavy atom.